The molecule has 1 heteroatoms. The summed E-state index contributed by atoms with van der Waals surface area (Å²) >= 11 is 0. The molecule has 1 aliphatic rings. The summed E-state index contributed by atoms with van der Waals surface area (Å²) < 4.78 is 0. The van der Waals surface area contributed by atoms with Gasteiger partial charge in [0, 0.05) is 0 Å². The molecule has 122 valence electrons. The first-order valence-corrected chi connectivity index (χ1v) is 8.70. The van der Waals surface area contributed by atoms with E-state index in [1.807, 2.05) is 6.08 Å². The summed E-state index contributed by atoms with van der Waals surface area (Å²) in [7, 11) is 0. The van der Waals surface area contributed by atoms with Crippen LogP contribution in [0.25, 0.3) is 0 Å². The predicted octanol–water partition coefficient (Wildman–Crippen LogP) is 5.75. The van der Waals surface area contributed by atoms with Crippen molar-refractivity contribution in [1.29, 1.82) is 0 Å². The predicted molar refractivity (Wildman–Crippen MR) is 97.6 cm³/mol. The zero-order valence-electron chi connectivity index (χ0n) is 14.7. The molecule has 0 spiro atoms. The van der Waals surface area contributed by atoms with Gasteiger partial charge in [0.05, 0.1) is 0 Å². The third-order valence-electron chi connectivity index (χ3n) is 4.87. The van der Waals surface area contributed by atoms with Gasteiger partial charge in [0.2, 0.25) is 0 Å². The van der Waals surface area contributed by atoms with Crippen LogP contribution in [0, 0.1) is 17.8 Å². The van der Waals surface area contributed by atoms with Crippen LogP contribution < -0.4 is 5.32 Å². The summed E-state index contributed by atoms with van der Waals surface area (Å²) in [6.45, 7) is 19.0. The summed E-state index contributed by atoms with van der Waals surface area (Å²) in [5.74, 6) is 2.57. The molecule has 1 atom stereocenters. The minimum absolute atomic E-state index is 0.630. The Balaban J connectivity index is 0.00000191. The van der Waals surface area contributed by atoms with Crippen molar-refractivity contribution in [2.75, 3.05) is 13.1 Å². The van der Waals surface area contributed by atoms with E-state index in [0.29, 0.717) is 5.92 Å². The maximum Gasteiger partial charge on any atom is -0.00205 e. The highest BCUT2D eigenvalue weighted by Crippen LogP contribution is 2.30. The first-order chi connectivity index (χ1) is 10.2. The van der Waals surface area contributed by atoms with Crippen LogP contribution in [0.4, 0.5) is 0 Å². The SMILES string of the molecule is C=C.C=C/C(=C\C)C(C)CCNCC1CCC(CC)CC1. The molecule has 21 heavy (non-hydrogen) atoms. The zero-order valence-corrected chi connectivity index (χ0v) is 14.7. The average Bonchev–Trinajstić information content (AvgIpc) is 2.55. The van der Waals surface area contributed by atoms with Crippen LogP contribution in [-0.2, 0) is 0 Å². The molecule has 0 aromatic heterocycles. The van der Waals surface area contributed by atoms with Gasteiger partial charge in [-0.2, -0.15) is 0 Å². The van der Waals surface area contributed by atoms with E-state index in [4.69, 9.17) is 0 Å². The van der Waals surface area contributed by atoms with Crippen molar-refractivity contribution in [3.8, 4) is 0 Å². The molecule has 0 saturated heterocycles. The van der Waals surface area contributed by atoms with Crippen molar-refractivity contribution in [2.24, 2.45) is 17.8 Å². The van der Waals surface area contributed by atoms with Gasteiger partial charge >= 0.3 is 0 Å². The van der Waals surface area contributed by atoms with E-state index in [1.165, 1.54) is 50.6 Å². The molecule has 0 aromatic carbocycles. The van der Waals surface area contributed by atoms with Crippen LogP contribution in [0.1, 0.15) is 59.3 Å². The molecule has 0 amide bonds. The summed E-state index contributed by atoms with van der Waals surface area (Å²) in [4.78, 5) is 0. The fourth-order valence-corrected chi connectivity index (χ4v) is 3.24. The second-order valence-corrected chi connectivity index (χ2v) is 6.18. The molecule has 0 heterocycles. The minimum Gasteiger partial charge on any atom is -0.316 e. The molecule has 1 unspecified atom stereocenters. The van der Waals surface area contributed by atoms with E-state index < -0.39 is 0 Å². The Morgan fingerprint density at radius 1 is 1.19 bits per heavy atom. The second-order valence-electron chi connectivity index (χ2n) is 6.18. The van der Waals surface area contributed by atoms with Crippen LogP contribution in [0.15, 0.2) is 37.5 Å². The van der Waals surface area contributed by atoms with E-state index in [-0.39, 0.29) is 0 Å². The Bertz CT molecular complexity index is 284. The number of rotatable bonds is 8. The van der Waals surface area contributed by atoms with Crippen LogP contribution in [0.5, 0.6) is 0 Å². The molecule has 0 aliphatic heterocycles. The lowest BCUT2D eigenvalue weighted by Gasteiger charge is -2.28. The van der Waals surface area contributed by atoms with Crippen molar-refractivity contribution < 1.29 is 0 Å². The lowest BCUT2D eigenvalue weighted by atomic mass is 9.81. The molecule has 1 rings (SSSR count). The molecular weight excluding hydrogens is 254 g/mol. The molecule has 1 fully saturated rings. The van der Waals surface area contributed by atoms with Gasteiger partial charge in [0.25, 0.3) is 0 Å². The van der Waals surface area contributed by atoms with Gasteiger partial charge in [0.1, 0.15) is 0 Å². The van der Waals surface area contributed by atoms with Crippen LogP contribution in [0.2, 0.25) is 0 Å². The number of hydrogen-bond acceptors (Lipinski definition) is 1. The first kappa shape index (κ1) is 20.2. The van der Waals surface area contributed by atoms with Crippen molar-refractivity contribution in [2.45, 2.75) is 59.3 Å². The number of hydrogen-bond donors (Lipinski definition) is 1. The highest BCUT2D eigenvalue weighted by Gasteiger charge is 2.19. The molecule has 1 aliphatic carbocycles. The van der Waals surface area contributed by atoms with E-state index in [9.17, 15) is 0 Å². The third-order valence-corrected chi connectivity index (χ3v) is 4.87. The van der Waals surface area contributed by atoms with Crippen molar-refractivity contribution in [1.82, 2.24) is 5.32 Å². The highest BCUT2D eigenvalue weighted by atomic mass is 14.9. The van der Waals surface area contributed by atoms with E-state index in [0.717, 1.165) is 18.4 Å². The number of allylic oxidation sites excluding steroid dienone is 3. The normalized spacial score (nSPS) is 23.9. The average molecular weight is 292 g/mol. The van der Waals surface area contributed by atoms with Gasteiger partial charge in [-0.25, -0.2) is 0 Å². The molecule has 1 saturated carbocycles. The molecule has 1 N–H and O–H groups in total. The highest BCUT2D eigenvalue weighted by molar-refractivity contribution is 5.17. The van der Waals surface area contributed by atoms with Crippen LogP contribution >= 0.6 is 0 Å². The van der Waals surface area contributed by atoms with E-state index in [2.05, 4.69) is 51.9 Å². The summed E-state index contributed by atoms with van der Waals surface area (Å²) in [6.07, 6.45) is 12.6. The number of nitrogens with one attached hydrogen (secondary N) is 1. The Hall–Kier alpha value is -0.820. The lowest BCUT2D eigenvalue weighted by molar-refractivity contribution is 0.262. The van der Waals surface area contributed by atoms with Crippen molar-refractivity contribution in [3.63, 3.8) is 0 Å². The van der Waals surface area contributed by atoms with Crippen LogP contribution in [0.3, 0.4) is 0 Å². The van der Waals surface area contributed by atoms with Gasteiger partial charge in [-0.3, -0.25) is 0 Å². The maximum atomic E-state index is 3.88. The Kier molecular flexibility index (Phi) is 12.4. The Morgan fingerprint density at radius 2 is 1.76 bits per heavy atom. The minimum atomic E-state index is 0.630. The topological polar surface area (TPSA) is 12.0 Å². The van der Waals surface area contributed by atoms with Gasteiger partial charge < -0.3 is 5.32 Å². The van der Waals surface area contributed by atoms with Crippen molar-refractivity contribution in [3.05, 3.63) is 37.5 Å². The summed E-state index contributed by atoms with van der Waals surface area (Å²) in [6, 6.07) is 0. The third kappa shape index (κ3) is 8.26. The Morgan fingerprint density at radius 3 is 2.24 bits per heavy atom. The van der Waals surface area contributed by atoms with Crippen LogP contribution in [-0.4, -0.2) is 13.1 Å². The standard InChI is InChI=1S/C18H33N.C2H4/c1-5-16-8-10-17(11-9-16)14-19-13-12-15(4)18(6-2)7-3;1-2/h6-7,15-17,19H,2,5,8-14H2,1,3-4H3;1-2H2/b18-7+;. The van der Waals surface area contributed by atoms with E-state index in [1.54, 1.807) is 0 Å². The van der Waals surface area contributed by atoms with Crippen molar-refractivity contribution >= 4 is 0 Å². The van der Waals surface area contributed by atoms with Gasteiger partial charge in [-0.05, 0) is 62.6 Å². The summed E-state index contributed by atoms with van der Waals surface area (Å²) in [5, 5.41) is 3.66. The molecular formula is C20H37N. The first-order valence-electron chi connectivity index (χ1n) is 8.70. The fourth-order valence-electron chi connectivity index (χ4n) is 3.24. The van der Waals surface area contributed by atoms with Gasteiger partial charge in [-0.15, -0.1) is 13.2 Å². The lowest BCUT2D eigenvalue weighted by Crippen LogP contribution is -2.28. The largest absolute Gasteiger partial charge is 0.316 e. The molecule has 0 bridgehead atoms. The van der Waals surface area contributed by atoms with Gasteiger partial charge in [-0.1, -0.05) is 51.8 Å². The second kappa shape index (κ2) is 12.9. The summed E-state index contributed by atoms with van der Waals surface area (Å²) in [5.41, 5.74) is 1.38. The zero-order chi connectivity index (χ0) is 16.1. The quantitative estimate of drug-likeness (QED) is 0.341. The smallest absolute Gasteiger partial charge is 0.00205 e. The molecule has 0 radical (unpaired) electrons. The van der Waals surface area contributed by atoms with Gasteiger partial charge in [0.15, 0.2) is 0 Å². The Labute approximate surface area is 133 Å². The monoisotopic (exact) mass is 291 g/mol. The molecule has 0 aromatic rings. The fraction of sp³-hybridized carbons (Fsp3) is 0.700. The molecule has 1 nitrogen and oxygen atoms in total. The van der Waals surface area contributed by atoms with E-state index >= 15 is 0 Å². The maximum absolute atomic E-state index is 3.88.